The number of aryl methyl sites for hydroxylation is 1. The molecule has 1 heterocycles. The summed E-state index contributed by atoms with van der Waals surface area (Å²) >= 11 is 6.05. The lowest BCUT2D eigenvalue weighted by atomic mass is 9.98. The van der Waals surface area contributed by atoms with Crippen molar-refractivity contribution in [2.75, 3.05) is 26.2 Å². The van der Waals surface area contributed by atoms with Gasteiger partial charge in [-0.3, -0.25) is 4.79 Å². The number of piperidine rings is 1. The number of nitrogens with one attached hydrogen (secondary N) is 1. The molecular formula is C22H27ClN2O4S. The molecule has 0 saturated carbocycles. The van der Waals surface area contributed by atoms with Gasteiger partial charge < -0.3 is 9.64 Å². The maximum absolute atomic E-state index is 12.5. The quantitative estimate of drug-likeness (QED) is 0.666. The summed E-state index contributed by atoms with van der Waals surface area (Å²) in [5, 5.41) is 0.517. The summed E-state index contributed by atoms with van der Waals surface area (Å²) in [5.41, 5.74) is 1.01. The van der Waals surface area contributed by atoms with Gasteiger partial charge in [0.1, 0.15) is 5.75 Å². The fourth-order valence-electron chi connectivity index (χ4n) is 3.45. The van der Waals surface area contributed by atoms with E-state index < -0.39 is 10.0 Å². The van der Waals surface area contributed by atoms with Crippen LogP contribution in [0.5, 0.6) is 5.75 Å². The van der Waals surface area contributed by atoms with Crippen molar-refractivity contribution in [2.24, 2.45) is 5.92 Å². The van der Waals surface area contributed by atoms with Crippen LogP contribution in [0.3, 0.4) is 0 Å². The first-order chi connectivity index (χ1) is 14.3. The number of hydrogen-bond donors (Lipinski definition) is 1. The van der Waals surface area contributed by atoms with Crippen molar-refractivity contribution in [1.29, 1.82) is 0 Å². The molecule has 0 bridgehead atoms. The van der Waals surface area contributed by atoms with Crippen LogP contribution in [0.2, 0.25) is 5.02 Å². The first-order valence-electron chi connectivity index (χ1n) is 10.1. The Labute approximate surface area is 183 Å². The number of amides is 1. The van der Waals surface area contributed by atoms with Gasteiger partial charge in [-0.25, -0.2) is 13.1 Å². The molecular weight excluding hydrogens is 424 g/mol. The summed E-state index contributed by atoms with van der Waals surface area (Å²) in [4.78, 5) is 14.6. The summed E-state index contributed by atoms with van der Waals surface area (Å²) in [6.45, 7) is 3.71. The van der Waals surface area contributed by atoms with Gasteiger partial charge in [-0.05, 0) is 49.9 Å². The summed E-state index contributed by atoms with van der Waals surface area (Å²) in [6.07, 6.45) is 2.00. The van der Waals surface area contributed by atoms with Crippen LogP contribution in [-0.4, -0.2) is 45.5 Å². The van der Waals surface area contributed by atoms with Gasteiger partial charge in [0.15, 0.2) is 0 Å². The third kappa shape index (κ3) is 6.20. The molecule has 1 aliphatic heterocycles. The van der Waals surface area contributed by atoms with E-state index in [0.717, 1.165) is 18.4 Å². The van der Waals surface area contributed by atoms with Crippen molar-refractivity contribution < 1.29 is 17.9 Å². The van der Waals surface area contributed by atoms with E-state index in [0.29, 0.717) is 30.4 Å². The van der Waals surface area contributed by atoms with Gasteiger partial charge in [-0.1, -0.05) is 41.4 Å². The molecule has 2 aromatic carbocycles. The van der Waals surface area contributed by atoms with Gasteiger partial charge in [0.2, 0.25) is 15.9 Å². The fraction of sp³-hybridized carbons (Fsp3) is 0.409. The molecule has 1 unspecified atom stereocenters. The highest BCUT2D eigenvalue weighted by atomic mass is 35.5. The number of para-hydroxylation sites is 1. The van der Waals surface area contributed by atoms with Gasteiger partial charge in [0.05, 0.1) is 22.9 Å². The Hall–Kier alpha value is -2.09. The zero-order valence-corrected chi connectivity index (χ0v) is 18.6. The molecule has 0 aliphatic carbocycles. The van der Waals surface area contributed by atoms with E-state index in [1.54, 1.807) is 41.3 Å². The van der Waals surface area contributed by atoms with Gasteiger partial charge in [-0.2, -0.15) is 0 Å². The number of sulfonamides is 1. The number of hydrogen-bond acceptors (Lipinski definition) is 4. The second-order valence-electron chi connectivity index (χ2n) is 7.54. The second kappa shape index (κ2) is 10.3. The number of benzene rings is 2. The molecule has 1 amide bonds. The Kier molecular flexibility index (Phi) is 7.75. The predicted molar refractivity (Wildman–Crippen MR) is 117 cm³/mol. The topological polar surface area (TPSA) is 75.7 Å². The Balaban J connectivity index is 1.47. The van der Waals surface area contributed by atoms with Crippen molar-refractivity contribution in [1.82, 2.24) is 9.62 Å². The van der Waals surface area contributed by atoms with Gasteiger partial charge in [0.25, 0.3) is 0 Å². The van der Waals surface area contributed by atoms with Crippen LogP contribution < -0.4 is 9.46 Å². The molecule has 0 radical (unpaired) electrons. The number of carbonyl (C=O) groups excluding carboxylic acids is 1. The van der Waals surface area contributed by atoms with E-state index in [4.69, 9.17) is 16.3 Å². The third-order valence-corrected chi connectivity index (χ3v) is 6.93. The maximum atomic E-state index is 12.5. The smallest absolute Gasteiger partial charge is 0.240 e. The highest BCUT2D eigenvalue weighted by Crippen LogP contribution is 2.23. The average molecular weight is 451 g/mol. The van der Waals surface area contributed by atoms with E-state index in [1.165, 1.54) is 0 Å². The van der Waals surface area contributed by atoms with E-state index in [2.05, 4.69) is 4.72 Å². The van der Waals surface area contributed by atoms with Crippen molar-refractivity contribution in [3.63, 3.8) is 0 Å². The lowest BCUT2D eigenvalue weighted by molar-refractivity contribution is -0.133. The molecule has 6 nitrogen and oxygen atoms in total. The van der Waals surface area contributed by atoms with Crippen LogP contribution in [0, 0.1) is 12.8 Å². The van der Waals surface area contributed by atoms with Gasteiger partial charge in [0, 0.05) is 19.6 Å². The highest BCUT2D eigenvalue weighted by Gasteiger charge is 2.25. The molecule has 2 aromatic rings. The molecule has 30 heavy (non-hydrogen) atoms. The summed E-state index contributed by atoms with van der Waals surface area (Å²) in [7, 11) is -3.55. The molecule has 8 heteroatoms. The first kappa shape index (κ1) is 22.6. The predicted octanol–water partition coefficient (Wildman–Crippen LogP) is 3.63. The van der Waals surface area contributed by atoms with Crippen molar-refractivity contribution in [3.8, 4) is 5.75 Å². The minimum Gasteiger partial charge on any atom is -0.491 e. The lowest BCUT2D eigenvalue weighted by Crippen LogP contribution is -2.44. The molecule has 3 rings (SSSR count). The monoisotopic (exact) mass is 450 g/mol. The number of rotatable bonds is 8. The number of carbonyl (C=O) groups is 1. The SMILES string of the molecule is Cc1ccc(S(=O)(=O)NCC2CCCN(C(=O)CCOc3ccccc3Cl)C2)cc1. The number of ether oxygens (including phenoxy) is 1. The number of likely N-dealkylation sites (tertiary alicyclic amines) is 1. The van der Waals surface area contributed by atoms with Crippen molar-refractivity contribution >= 4 is 27.5 Å². The molecule has 1 aliphatic rings. The summed E-state index contributed by atoms with van der Waals surface area (Å²) in [6, 6.07) is 13.9. The maximum Gasteiger partial charge on any atom is 0.240 e. The van der Waals surface area contributed by atoms with Gasteiger partial charge in [-0.15, -0.1) is 0 Å². The van der Waals surface area contributed by atoms with E-state index in [1.807, 2.05) is 19.1 Å². The fourth-order valence-corrected chi connectivity index (χ4v) is 4.76. The zero-order valence-electron chi connectivity index (χ0n) is 17.0. The summed E-state index contributed by atoms with van der Waals surface area (Å²) in [5.74, 6) is 0.662. The molecule has 0 spiro atoms. The number of halogens is 1. The number of nitrogens with zero attached hydrogens (tertiary/aromatic N) is 1. The second-order valence-corrected chi connectivity index (χ2v) is 9.72. The molecule has 1 saturated heterocycles. The normalized spacial score (nSPS) is 17.0. The minimum atomic E-state index is -3.55. The van der Waals surface area contributed by atoms with Crippen LogP contribution in [0.1, 0.15) is 24.8 Å². The largest absolute Gasteiger partial charge is 0.491 e. The summed E-state index contributed by atoms with van der Waals surface area (Å²) < 4.78 is 33.3. The molecule has 1 atom stereocenters. The zero-order chi connectivity index (χ0) is 21.6. The van der Waals surface area contributed by atoms with Gasteiger partial charge >= 0.3 is 0 Å². The molecule has 0 aromatic heterocycles. The lowest BCUT2D eigenvalue weighted by Gasteiger charge is -2.33. The van der Waals surface area contributed by atoms with Crippen molar-refractivity contribution in [3.05, 3.63) is 59.1 Å². The van der Waals surface area contributed by atoms with Crippen LogP contribution in [-0.2, 0) is 14.8 Å². The van der Waals surface area contributed by atoms with Crippen molar-refractivity contribution in [2.45, 2.75) is 31.1 Å². The minimum absolute atomic E-state index is 0.00754. The van der Waals surface area contributed by atoms with E-state index in [9.17, 15) is 13.2 Å². The Morgan fingerprint density at radius 1 is 1.20 bits per heavy atom. The van der Waals surface area contributed by atoms with E-state index in [-0.39, 0.29) is 29.7 Å². The average Bonchev–Trinajstić information content (AvgIpc) is 2.74. The standard InChI is InChI=1S/C22H27ClN2O4S/c1-17-8-10-19(11-9-17)30(27,28)24-15-18-5-4-13-25(16-18)22(26)12-14-29-21-7-3-2-6-20(21)23/h2-3,6-11,18,24H,4-5,12-16H2,1H3. The first-order valence-corrected chi connectivity index (χ1v) is 11.9. The van der Waals surface area contributed by atoms with Crippen LogP contribution in [0.4, 0.5) is 0 Å². The Morgan fingerprint density at radius 2 is 1.93 bits per heavy atom. The Morgan fingerprint density at radius 3 is 2.67 bits per heavy atom. The van der Waals surface area contributed by atoms with Crippen LogP contribution in [0.15, 0.2) is 53.4 Å². The van der Waals surface area contributed by atoms with Crippen LogP contribution >= 0.6 is 11.6 Å². The molecule has 1 fully saturated rings. The van der Waals surface area contributed by atoms with E-state index >= 15 is 0 Å². The highest BCUT2D eigenvalue weighted by molar-refractivity contribution is 7.89. The molecule has 162 valence electrons. The third-order valence-electron chi connectivity index (χ3n) is 5.18. The van der Waals surface area contributed by atoms with Crippen LogP contribution in [0.25, 0.3) is 0 Å². The Bertz CT molecular complexity index is 963. The molecule has 1 N–H and O–H groups in total.